The van der Waals surface area contributed by atoms with Gasteiger partial charge in [0.25, 0.3) is 0 Å². The number of hydrogen-bond acceptors (Lipinski definition) is 5. The number of hydrogen-bond donors (Lipinski definition) is 1. The molecule has 1 N–H and O–H groups in total. The van der Waals surface area contributed by atoms with Crippen molar-refractivity contribution < 1.29 is 0 Å². The predicted molar refractivity (Wildman–Crippen MR) is 81.0 cm³/mol. The topological polar surface area (TPSA) is 53.9 Å². The molecule has 0 unspecified atom stereocenters. The maximum absolute atomic E-state index is 5.99. The summed E-state index contributed by atoms with van der Waals surface area (Å²) in [5.41, 5.74) is -0.109. The number of anilines is 2. The van der Waals surface area contributed by atoms with Crippen molar-refractivity contribution in [1.29, 1.82) is 0 Å². The first-order chi connectivity index (χ1) is 8.85. The molecule has 0 spiro atoms. The van der Waals surface area contributed by atoms with Gasteiger partial charge in [-0.3, -0.25) is 0 Å². The summed E-state index contributed by atoms with van der Waals surface area (Å²) in [7, 11) is 0. The summed E-state index contributed by atoms with van der Waals surface area (Å²) in [6, 6.07) is 0. The van der Waals surface area contributed by atoms with Gasteiger partial charge in [-0.1, -0.05) is 13.8 Å². The molecule has 5 nitrogen and oxygen atoms in total. The number of aromatic nitrogens is 3. The summed E-state index contributed by atoms with van der Waals surface area (Å²) in [6.07, 6.45) is 2.09. The van der Waals surface area contributed by atoms with E-state index in [1.165, 1.54) is 0 Å². The highest BCUT2D eigenvalue weighted by Gasteiger charge is 2.15. The molecule has 1 aromatic rings. The van der Waals surface area contributed by atoms with Crippen LogP contribution in [-0.2, 0) is 0 Å². The van der Waals surface area contributed by atoms with Crippen LogP contribution in [0.3, 0.4) is 0 Å². The van der Waals surface area contributed by atoms with Crippen LogP contribution in [0.4, 0.5) is 11.9 Å². The van der Waals surface area contributed by atoms with Gasteiger partial charge in [0.2, 0.25) is 17.2 Å². The second-order valence-electron chi connectivity index (χ2n) is 5.59. The third-order valence-corrected chi connectivity index (χ3v) is 2.52. The molecule has 0 radical (unpaired) electrons. The highest BCUT2D eigenvalue weighted by atomic mass is 35.5. The minimum atomic E-state index is -0.109. The van der Waals surface area contributed by atoms with E-state index in [2.05, 4.69) is 59.8 Å². The van der Waals surface area contributed by atoms with Crippen LogP contribution in [-0.4, -0.2) is 33.6 Å². The fourth-order valence-electron chi connectivity index (χ4n) is 1.72. The quantitative estimate of drug-likeness (QED) is 0.868. The Hall–Kier alpha value is -1.10. The molecule has 19 heavy (non-hydrogen) atoms. The van der Waals surface area contributed by atoms with Gasteiger partial charge in [-0.25, -0.2) is 0 Å². The molecular weight excluding hydrogens is 262 g/mol. The molecule has 0 saturated heterocycles. The lowest BCUT2D eigenvalue weighted by Crippen LogP contribution is -2.30. The third kappa shape index (κ3) is 5.59. The van der Waals surface area contributed by atoms with Crippen LogP contribution in [0.25, 0.3) is 0 Å². The van der Waals surface area contributed by atoms with Gasteiger partial charge >= 0.3 is 0 Å². The number of nitrogens with zero attached hydrogens (tertiary/aromatic N) is 4. The molecule has 0 fully saturated rings. The first-order valence-electron chi connectivity index (χ1n) is 6.80. The van der Waals surface area contributed by atoms with Crippen molar-refractivity contribution in [3.05, 3.63) is 5.28 Å². The van der Waals surface area contributed by atoms with Crippen LogP contribution in [0.2, 0.25) is 5.28 Å². The van der Waals surface area contributed by atoms with E-state index >= 15 is 0 Å². The molecule has 1 heterocycles. The summed E-state index contributed by atoms with van der Waals surface area (Å²) in [5.74, 6) is 1.18. The minimum absolute atomic E-state index is 0.109. The predicted octanol–water partition coefficient (Wildman–Crippen LogP) is 3.36. The largest absolute Gasteiger partial charge is 0.349 e. The number of nitrogens with one attached hydrogen (secondary N) is 1. The molecule has 0 bridgehead atoms. The molecule has 0 aliphatic rings. The Labute approximate surface area is 120 Å². The van der Waals surface area contributed by atoms with Gasteiger partial charge in [0.15, 0.2) is 0 Å². The maximum atomic E-state index is 5.99. The average Bonchev–Trinajstić information content (AvgIpc) is 2.25. The zero-order valence-electron chi connectivity index (χ0n) is 12.5. The maximum Gasteiger partial charge on any atom is 0.231 e. The van der Waals surface area contributed by atoms with Crippen molar-refractivity contribution in [2.24, 2.45) is 0 Å². The second kappa shape index (κ2) is 6.89. The summed E-state index contributed by atoms with van der Waals surface area (Å²) in [4.78, 5) is 15.0. The van der Waals surface area contributed by atoms with Crippen LogP contribution < -0.4 is 10.2 Å². The smallest absolute Gasteiger partial charge is 0.231 e. The second-order valence-corrected chi connectivity index (χ2v) is 5.93. The van der Waals surface area contributed by atoms with Gasteiger partial charge in [0, 0.05) is 18.6 Å². The van der Waals surface area contributed by atoms with Crippen LogP contribution >= 0.6 is 11.6 Å². The van der Waals surface area contributed by atoms with E-state index in [1.54, 1.807) is 0 Å². The fraction of sp³-hybridized carbons (Fsp3) is 0.769. The Bertz CT molecular complexity index is 397. The van der Waals surface area contributed by atoms with Crippen molar-refractivity contribution in [2.75, 3.05) is 23.3 Å². The van der Waals surface area contributed by atoms with E-state index in [1.807, 2.05) is 0 Å². The molecule has 0 amide bonds. The average molecular weight is 286 g/mol. The van der Waals surface area contributed by atoms with E-state index < -0.39 is 0 Å². The lowest BCUT2D eigenvalue weighted by molar-refractivity contribution is 0.623. The summed E-state index contributed by atoms with van der Waals surface area (Å²) in [5, 5.41) is 3.46. The molecule has 0 atom stereocenters. The van der Waals surface area contributed by atoms with Crippen LogP contribution in [0.5, 0.6) is 0 Å². The summed E-state index contributed by atoms with van der Waals surface area (Å²) < 4.78 is 0. The zero-order valence-corrected chi connectivity index (χ0v) is 13.3. The third-order valence-electron chi connectivity index (χ3n) is 2.35. The Morgan fingerprint density at radius 1 is 1.05 bits per heavy atom. The standard InChI is InChI=1S/C13H24ClN5/c1-6-8-19(9-7-2)12-16-10(14)15-11(17-12)18-13(3,4)5/h6-9H2,1-5H3,(H,15,16,17,18). The normalized spacial score (nSPS) is 11.5. The van der Waals surface area contributed by atoms with Crippen LogP contribution in [0.15, 0.2) is 0 Å². The van der Waals surface area contributed by atoms with Crippen molar-refractivity contribution in [2.45, 2.75) is 53.0 Å². The summed E-state index contributed by atoms with van der Waals surface area (Å²) >= 11 is 5.99. The van der Waals surface area contributed by atoms with Gasteiger partial charge in [-0.05, 0) is 45.2 Å². The first-order valence-corrected chi connectivity index (χ1v) is 7.18. The van der Waals surface area contributed by atoms with Gasteiger partial charge < -0.3 is 10.2 Å². The number of halogens is 1. The van der Waals surface area contributed by atoms with E-state index in [-0.39, 0.29) is 10.8 Å². The molecule has 108 valence electrons. The SMILES string of the molecule is CCCN(CCC)c1nc(Cl)nc(NC(C)(C)C)n1. The molecule has 0 aliphatic heterocycles. The van der Waals surface area contributed by atoms with Gasteiger partial charge in [-0.2, -0.15) is 15.0 Å². The fourth-order valence-corrected chi connectivity index (χ4v) is 1.88. The molecule has 6 heteroatoms. The van der Waals surface area contributed by atoms with Crippen molar-refractivity contribution >= 4 is 23.5 Å². The first kappa shape index (κ1) is 16.0. The Kier molecular flexibility index (Phi) is 5.79. The highest BCUT2D eigenvalue weighted by molar-refractivity contribution is 6.28. The van der Waals surface area contributed by atoms with E-state index in [9.17, 15) is 0 Å². The van der Waals surface area contributed by atoms with Crippen molar-refractivity contribution in [3.8, 4) is 0 Å². The molecular formula is C13H24ClN5. The van der Waals surface area contributed by atoms with Gasteiger partial charge in [0.05, 0.1) is 0 Å². The lowest BCUT2D eigenvalue weighted by Gasteiger charge is -2.24. The lowest BCUT2D eigenvalue weighted by atomic mass is 10.1. The minimum Gasteiger partial charge on any atom is -0.349 e. The highest BCUT2D eigenvalue weighted by Crippen LogP contribution is 2.17. The van der Waals surface area contributed by atoms with Crippen molar-refractivity contribution in [1.82, 2.24) is 15.0 Å². The van der Waals surface area contributed by atoms with E-state index in [4.69, 9.17) is 11.6 Å². The van der Waals surface area contributed by atoms with Crippen LogP contribution in [0, 0.1) is 0 Å². The molecule has 1 aromatic heterocycles. The molecule has 0 saturated carbocycles. The van der Waals surface area contributed by atoms with Crippen molar-refractivity contribution in [3.63, 3.8) is 0 Å². The monoisotopic (exact) mass is 285 g/mol. The Balaban J connectivity index is 2.99. The Morgan fingerprint density at radius 3 is 2.11 bits per heavy atom. The molecule has 1 rings (SSSR count). The van der Waals surface area contributed by atoms with Gasteiger partial charge in [-0.15, -0.1) is 0 Å². The van der Waals surface area contributed by atoms with Crippen LogP contribution in [0.1, 0.15) is 47.5 Å². The number of rotatable bonds is 6. The summed E-state index contributed by atoms with van der Waals surface area (Å²) in [6.45, 7) is 12.3. The zero-order chi connectivity index (χ0) is 14.5. The van der Waals surface area contributed by atoms with Gasteiger partial charge in [0.1, 0.15) is 0 Å². The van der Waals surface area contributed by atoms with E-state index in [0.717, 1.165) is 25.9 Å². The van der Waals surface area contributed by atoms with E-state index in [0.29, 0.717) is 11.9 Å². The molecule has 0 aromatic carbocycles. The Morgan fingerprint density at radius 2 is 1.63 bits per heavy atom. The molecule has 0 aliphatic carbocycles.